The van der Waals surface area contributed by atoms with Gasteiger partial charge in [0.2, 0.25) is 0 Å². The standard InChI is InChI=1S/C35H42O5/c1-20(2)9-12-23-24(15-16-29-25(23)17-18-35(7,8)40-29)30-19-28(36)31-33(38)26(13-10-21(3)4)32(37)27(34(31)39-30)14-11-22(5)6/h9-11,15-18,30,37-38H,12-14,19H2,1-8H3. The molecule has 2 heterocycles. The van der Waals surface area contributed by atoms with Crippen molar-refractivity contribution in [2.45, 2.75) is 92.8 Å². The largest absolute Gasteiger partial charge is 0.507 e. The first kappa shape index (κ1) is 29.3. The minimum atomic E-state index is -0.568. The first-order valence-corrected chi connectivity index (χ1v) is 14.0. The number of phenolic OH excluding ortho intramolecular Hbond substituents is 2. The number of ketones is 1. The van der Waals surface area contributed by atoms with Crippen molar-refractivity contribution in [1.29, 1.82) is 0 Å². The summed E-state index contributed by atoms with van der Waals surface area (Å²) >= 11 is 0. The lowest BCUT2D eigenvalue weighted by molar-refractivity contribution is 0.0841. The van der Waals surface area contributed by atoms with E-state index in [1.165, 1.54) is 5.57 Å². The molecule has 0 aliphatic carbocycles. The van der Waals surface area contributed by atoms with Crippen molar-refractivity contribution in [1.82, 2.24) is 0 Å². The Morgan fingerprint density at radius 2 is 1.45 bits per heavy atom. The van der Waals surface area contributed by atoms with Gasteiger partial charge in [-0.3, -0.25) is 4.79 Å². The molecule has 40 heavy (non-hydrogen) atoms. The number of Topliss-reactive ketones (excluding diaryl/α,β-unsaturated/α-hetero) is 1. The van der Waals surface area contributed by atoms with Gasteiger partial charge in [-0.2, -0.15) is 0 Å². The number of aromatic hydroxyl groups is 2. The van der Waals surface area contributed by atoms with Gasteiger partial charge in [-0.05, 0) is 97.9 Å². The molecule has 0 bridgehead atoms. The minimum Gasteiger partial charge on any atom is -0.507 e. The van der Waals surface area contributed by atoms with Gasteiger partial charge in [-0.1, -0.05) is 47.1 Å². The van der Waals surface area contributed by atoms with E-state index in [2.05, 4.69) is 32.1 Å². The summed E-state index contributed by atoms with van der Waals surface area (Å²) in [7, 11) is 0. The molecule has 0 amide bonds. The molecule has 2 aliphatic heterocycles. The topological polar surface area (TPSA) is 76.0 Å². The molecule has 0 aromatic heterocycles. The van der Waals surface area contributed by atoms with Crippen molar-refractivity contribution < 1.29 is 24.5 Å². The number of hydrogen-bond donors (Lipinski definition) is 2. The van der Waals surface area contributed by atoms with E-state index in [0.29, 0.717) is 30.4 Å². The van der Waals surface area contributed by atoms with E-state index in [0.717, 1.165) is 33.6 Å². The Morgan fingerprint density at radius 3 is 2.05 bits per heavy atom. The van der Waals surface area contributed by atoms with E-state index in [4.69, 9.17) is 9.47 Å². The third kappa shape index (κ3) is 6.04. The molecule has 2 aromatic rings. The predicted molar refractivity (Wildman–Crippen MR) is 162 cm³/mol. The van der Waals surface area contributed by atoms with Gasteiger partial charge >= 0.3 is 0 Å². The number of rotatable bonds is 7. The zero-order chi connectivity index (χ0) is 29.4. The lowest BCUT2D eigenvalue weighted by atomic mass is 9.85. The lowest BCUT2D eigenvalue weighted by Gasteiger charge is -2.33. The van der Waals surface area contributed by atoms with Gasteiger partial charge in [0.1, 0.15) is 40.3 Å². The monoisotopic (exact) mass is 542 g/mol. The molecule has 5 nitrogen and oxygen atoms in total. The number of carbonyl (C=O) groups excluding carboxylic acids is 1. The molecule has 2 aliphatic rings. The predicted octanol–water partition coefficient (Wildman–Crippen LogP) is 8.51. The Balaban J connectivity index is 1.88. The number of phenols is 2. The van der Waals surface area contributed by atoms with Gasteiger partial charge in [0, 0.05) is 16.7 Å². The fourth-order valence-corrected chi connectivity index (χ4v) is 5.19. The molecule has 0 radical (unpaired) electrons. The number of benzene rings is 2. The highest BCUT2D eigenvalue weighted by Gasteiger charge is 2.37. The van der Waals surface area contributed by atoms with Crippen LogP contribution in [0.15, 0.2) is 53.2 Å². The summed E-state index contributed by atoms with van der Waals surface area (Å²) in [4.78, 5) is 13.7. The van der Waals surface area contributed by atoms with E-state index in [-0.39, 0.29) is 35.0 Å². The lowest BCUT2D eigenvalue weighted by Crippen LogP contribution is -2.28. The summed E-state index contributed by atoms with van der Waals surface area (Å²) < 4.78 is 12.9. The quantitative estimate of drug-likeness (QED) is 0.343. The minimum absolute atomic E-state index is 0.0199. The van der Waals surface area contributed by atoms with Crippen molar-refractivity contribution in [2.24, 2.45) is 0 Å². The zero-order valence-electron chi connectivity index (χ0n) is 25.1. The summed E-state index contributed by atoms with van der Waals surface area (Å²) in [6, 6.07) is 3.94. The highest BCUT2D eigenvalue weighted by molar-refractivity contribution is 6.04. The second-order valence-corrected chi connectivity index (χ2v) is 12.1. The van der Waals surface area contributed by atoms with Crippen LogP contribution >= 0.6 is 0 Å². The molecule has 0 spiro atoms. The molecule has 212 valence electrons. The molecule has 1 unspecified atom stereocenters. The van der Waals surface area contributed by atoms with Crippen LogP contribution in [0.3, 0.4) is 0 Å². The summed E-state index contributed by atoms with van der Waals surface area (Å²) in [5, 5.41) is 22.6. The summed E-state index contributed by atoms with van der Waals surface area (Å²) in [5.41, 5.74) is 6.92. The van der Waals surface area contributed by atoms with Crippen LogP contribution in [-0.2, 0) is 19.3 Å². The number of fused-ring (bicyclic) bond motifs is 2. The van der Waals surface area contributed by atoms with Crippen LogP contribution in [0.1, 0.15) is 106 Å². The van der Waals surface area contributed by atoms with E-state index < -0.39 is 11.7 Å². The van der Waals surface area contributed by atoms with Crippen LogP contribution in [-0.4, -0.2) is 21.6 Å². The molecule has 0 fully saturated rings. The van der Waals surface area contributed by atoms with Crippen molar-refractivity contribution in [3.05, 3.63) is 86.5 Å². The Kier molecular flexibility index (Phi) is 8.34. The average molecular weight is 543 g/mol. The van der Waals surface area contributed by atoms with Gasteiger partial charge in [0.25, 0.3) is 0 Å². The third-order valence-electron chi connectivity index (χ3n) is 7.37. The van der Waals surface area contributed by atoms with Crippen LogP contribution in [0, 0.1) is 0 Å². The normalized spacial score (nSPS) is 16.7. The van der Waals surface area contributed by atoms with Gasteiger partial charge < -0.3 is 19.7 Å². The van der Waals surface area contributed by atoms with Gasteiger partial charge in [-0.15, -0.1) is 0 Å². The summed E-state index contributed by atoms with van der Waals surface area (Å²) in [6.45, 7) is 16.1. The van der Waals surface area contributed by atoms with Crippen LogP contribution in [0.25, 0.3) is 6.08 Å². The van der Waals surface area contributed by atoms with Gasteiger partial charge in [-0.25, -0.2) is 0 Å². The molecular formula is C35H42O5. The Labute approximate surface area is 238 Å². The van der Waals surface area contributed by atoms with Crippen LogP contribution in [0.2, 0.25) is 0 Å². The van der Waals surface area contributed by atoms with E-state index in [1.807, 2.05) is 65.8 Å². The zero-order valence-corrected chi connectivity index (χ0v) is 25.1. The fourth-order valence-electron chi connectivity index (χ4n) is 5.19. The maximum Gasteiger partial charge on any atom is 0.174 e. The highest BCUT2D eigenvalue weighted by atomic mass is 16.5. The summed E-state index contributed by atoms with van der Waals surface area (Å²) in [6.07, 6.45) is 11.1. The van der Waals surface area contributed by atoms with Crippen LogP contribution in [0.4, 0.5) is 0 Å². The number of allylic oxidation sites excluding steroid dienone is 6. The van der Waals surface area contributed by atoms with Crippen molar-refractivity contribution >= 4 is 11.9 Å². The molecule has 1 atom stereocenters. The second kappa shape index (κ2) is 11.4. The average Bonchev–Trinajstić information content (AvgIpc) is 2.85. The maximum absolute atomic E-state index is 13.7. The highest BCUT2D eigenvalue weighted by Crippen LogP contribution is 2.49. The molecule has 0 saturated heterocycles. The maximum atomic E-state index is 13.7. The van der Waals surface area contributed by atoms with E-state index >= 15 is 0 Å². The molecule has 4 rings (SSSR count). The Morgan fingerprint density at radius 1 is 0.875 bits per heavy atom. The molecular weight excluding hydrogens is 500 g/mol. The summed E-state index contributed by atoms with van der Waals surface area (Å²) in [5.74, 6) is 0.670. The van der Waals surface area contributed by atoms with E-state index in [1.54, 1.807) is 0 Å². The third-order valence-corrected chi connectivity index (χ3v) is 7.37. The van der Waals surface area contributed by atoms with Crippen LogP contribution < -0.4 is 9.47 Å². The van der Waals surface area contributed by atoms with E-state index in [9.17, 15) is 15.0 Å². The number of hydrogen-bond acceptors (Lipinski definition) is 5. The van der Waals surface area contributed by atoms with Gasteiger partial charge in [0.05, 0.1) is 6.42 Å². The number of ether oxygens (including phenoxy) is 2. The first-order valence-electron chi connectivity index (χ1n) is 14.0. The molecule has 2 N–H and O–H groups in total. The molecule has 2 aromatic carbocycles. The second-order valence-electron chi connectivity index (χ2n) is 12.1. The van der Waals surface area contributed by atoms with Crippen molar-refractivity contribution in [3.63, 3.8) is 0 Å². The SMILES string of the molecule is CC(C)=CCc1c(O)c(CC=C(C)C)c2c(c1O)C(=O)CC(c1ccc3c(c1CC=C(C)C)C=CC(C)(C)O3)O2. The Bertz CT molecular complexity index is 1450. The van der Waals surface area contributed by atoms with Gasteiger partial charge in [0.15, 0.2) is 5.78 Å². The molecule has 0 saturated carbocycles. The smallest absolute Gasteiger partial charge is 0.174 e. The van der Waals surface area contributed by atoms with Crippen LogP contribution in [0.5, 0.6) is 23.0 Å². The fraction of sp³-hybridized carbons (Fsp3) is 0.400. The van der Waals surface area contributed by atoms with Crippen molar-refractivity contribution in [3.8, 4) is 23.0 Å². The first-order chi connectivity index (χ1) is 18.8. The van der Waals surface area contributed by atoms with Crippen molar-refractivity contribution in [2.75, 3.05) is 0 Å². The Hall–Kier alpha value is -3.73. The number of carbonyl (C=O) groups is 1. The molecule has 5 heteroatoms.